The molecule has 1 heterocycles. The van der Waals surface area contributed by atoms with Gasteiger partial charge in [-0.1, -0.05) is 6.07 Å². The van der Waals surface area contributed by atoms with E-state index >= 15 is 0 Å². The minimum absolute atomic E-state index is 0.489. The molecule has 0 fully saturated rings. The van der Waals surface area contributed by atoms with Gasteiger partial charge in [-0.3, -0.25) is 0 Å². The number of hydrogen-bond acceptors (Lipinski definition) is 3. The standard InChI is InChI=1S/C13H17NOS/c1-9(14-2)7-10-8-16-12-6-4-5-11(15-3)13(10)12/h4-6,8-9,14H,7H2,1-3H3. The van der Waals surface area contributed by atoms with Crippen molar-refractivity contribution in [3.8, 4) is 5.75 Å². The van der Waals surface area contributed by atoms with Gasteiger partial charge < -0.3 is 10.1 Å². The van der Waals surface area contributed by atoms with E-state index in [1.807, 2.05) is 19.2 Å². The molecule has 2 aromatic rings. The third kappa shape index (κ3) is 2.06. The van der Waals surface area contributed by atoms with E-state index in [9.17, 15) is 0 Å². The van der Waals surface area contributed by atoms with Crippen molar-refractivity contribution in [1.82, 2.24) is 5.32 Å². The molecule has 0 saturated heterocycles. The summed E-state index contributed by atoms with van der Waals surface area (Å²) in [5.74, 6) is 0.983. The number of ether oxygens (including phenoxy) is 1. The molecule has 1 aromatic carbocycles. The maximum Gasteiger partial charge on any atom is 0.127 e. The molecule has 0 bridgehead atoms. The van der Waals surface area contributed by atoms with Crippen LogP contribution in [0.3, 0.4) is 0 Å². The molecule has 0 aliphatic heterocycles. The van der Waals surface area contributed by atoms with Crippen LogP contribution in [0.2, 0.25) is 0 Å². The van der Waals surface area contributed by atoms with Crippen LogP contribution in [-0.2, 0) is 6.42 Å². The van der Waals surface area contributed by atoms with Crippen LogP contribution in [0.4, 0.5) is 0 Å². The highest BCUT2D eigenvalue weighted by atomic mass is 32.1. The van der Waals surface area contributed by atoms with E-state index in [4.69, 9.17) is 4.74 Å². The average molecular weight is 235 g/mol. The van der Waals surface area contributed by atoms with Crippen molar-refractivity contribution in [1.29, 1.82) is 0 Å². The number of benzene rings is 1. The van der Waals surface area contributed by atoms with E-state index in [1.54, 1.807) is 18.4 Å². The van der Waals surface area contributed by atoms with Gasteiger partial charge in [0.15, 0.2) is 0 Å². The van der Waals surface area contributed by atoms with E-state index in [0.717, 1.165) is 12.2 Å². The predicted octanol–water partition coefficient (Wildman–Crippen LogP) is 3.06. The number of methoxy groups -OCH3 is 1. The fourth-order valence-corrected chi connectivity index (χ4v) is 2.86. The van der Waals surface area contributed by atoms with Gasteiger partial charge in [0.2, 0.25) is 0 Å². The van der Waals surface area contributed by atoms with Gasteiger partial charge in [-0.15, -0.1) is 11.3 Å². The molecular formula is C13H17NOS. The summed E-state index contributed by atoms with van der Waals surface area (Å²) in [5.41, 5.74) is 1.37. The monoisotopic (exact) mass is 235 g/mol. The van der Waals surface area contributed by atoms with Crippen LogP contribution in [0.25, 0.3) is 10.1 Å². The Balaban J connectivity index is 2.45. The number of nitrogens with one attached hydrogen (secondary N) is 1. The van der Waals surface area contributed by atoms with E-state index < -0.39 is 0 Å². The molecule has 16 heavy (non-hydrogen) atoms. The molecule has 2 nitrogen and oxygen atoms in total. The molecule has 1 unspecified atom stereocenters. The van der Waals surface area contributed by atoms with Gasteiger partial charge in [0.05, 0.1) is 7.11 Å². The summed E-state index contributed by atoms with van der Waals surface area (Å²) < 4.78 is 6.73. The highest BCUT2D eigenvalue weighted by Gasteiger charge is 2.11. The molecule has 0 aliphatic rings. The van der Waals surface area contributed by atoms with Crippen LogP contribution >= 0.6 is 11.3 Å². The first kappa shape index (κ1) is 11.4. The van der Waals surface area contributed by atoms with Crippen LogP contribution in [0.1, 0.15) is 12.5 Å². The summed E-state index contributed by atoms with van der Waals surface area (Å²) >= 11 is 1.79. The molecule has 0 spiro atoms. The van der Waals surface area contributed by atoms with Gasteiger partial charge >= 0.3 is 0 Å². The highest BCUT2D eigenvalue weighted by molar-refractivity contribution is 7.17. The molecular weight excluding hydrogens is 218 g/mol. The predicted molar refractivity (Wildman–Crippen MR) is 70.6 cm³/mol. The van der Waals surface area contributed by atoms with E-state index in [2.05, 4.69) is 23.7 Å². The quantitative estimate of drug-likeness (QED) is 0.879. The van der Waals surface area contributed by atoms with Crippen LogP contribution in [0, 0.1) is 0 Å². The largest absolute Gasteiger partial charge is 0.496 e. The fourth-order valence-electron chi connectivity index (χ4n) is 1.87. The van der Waals surface area contributed by atoms with Gasteiger partial charge in [0.1, 0.15) is 5.75 Å². The molecule has 86 valence electrons. The SMILES string of the molecule is CNC(C)Cc1csc2cccc(OC)c12. The Hall–Kier alpha value is -1.06. The number of thiophene rings is 1. The molecule has 3 heteroatoms. The van der Waals surface area contributed by atoms with Crippen molar-refractivity contribution < 1.29 is 4.74 Å². The summed E-state index contributed by atoms with van der Waals surface area (Å²) in [5, 5.41) is 6.78. The average Bonchev–Trinajstić information content (AvgIpc) is 2.72. The molecule has 1 aromatic heterocycles. The molecule has 0 radical (unpaired) electrons. The Morgan fingerprint density at radius 1 is 1.44 bits per heavy atom. The summed E-state index contributed by atoms with van der Waals surface area (Å²) in [6.07, 6.45) is 1.04. The molecule has 2 rings (SSSR count). The minimum atomic E-state index is 0.489. The van der Waals surface area contributed by atoms with E-state index in [1.165, 1.54) is 15.6 Å². The van der Waals surface area contributed by atoms with E-state index in [-0.39, 0.29) is 0 Å². The molecule has 0 amide bonds. The van der Waals surface area contributed by atoms with E-state index in [0.29, 0.717) is 6.04 Å². The highest BCUT2D eigenvalue weighted by Crippen LogP contribution is 2.34. The Morgan fingerprint density at radius 3 is 2.94 bits per heavy atom. The number of likely N-dealkylation sites (N-methyl/N-ethyl adjacent to an activating group) is 1. The second-order valence-corrected chi connectivity index (χ2v) is 4.90. The fraction of sp³-hybridized carbons (Fsp3) is 0.385. The third-order valence-electron chi connectivity index (χ3n) is 2.88. The van der Waals surface area contributed by atoms with Crippen molar-refractivity contribution >= 4 is 21.4 Å². The smallest absolute Gasteiger partial charge is 0.127 e. The summed E-state index contributed by atoms with van der Waals surface area (Å²) in [6, 6.07) is 6.71. The van der Waals surface area contributed by atoms with Crippen LogP contribution in [-0.4, -0.2) is 20.2 Å². The Morgan fingerprint density at radius 2 is 2.25 bits per heavy atom. The first-order chi connectivity index (χ1) is 7.76. The third-order valence-corrected chi connectivity index (χ3v) is 3.87. The van der Waals surface area contributed by atoms with Gasteiger partial charge in [0, 0.05) is 16.1 Å². The van der Waals surface area contributed by atoms with Crippen molar-refractivity contribution in [2.75, 3.05) is 14.2 Å². The van der Waals surface area contributed by atoms with Crippen LogP contribution in [0.15, 0.2) is 23.6 Å². The van der Waals surface area contributed by atoms with Gasteiger partial charge in [0.25, 0.3) is 0 Å². The summed E-state index contributed by atoms with van der Waals surface area (Å²) in [4.78, 5) is 0. The zero-order valence-corrected chi connectivity index (χ0v) is 10.7. The second-order valence-electron chi connectivity index (χ2n) is 3.99. The number of hydrogen-bond donors (Lipinski definition) is 1. The topological polar surface area (TPSA) is 21.3 Å². The van der Waals surface area contributed by atoms with Crippen molar-refractivity contribution in [2.24, 2.45) is 0 Å². The molecule has 1 N–H and O–H groups in total. The Labute approximate surface area is 100 Å². The second kappa shape index (κ2) is 4.85. The first-order valence-corrected chi connectivity index (χ1v) is 6.34. The zero-order chi connectivity index (χ0) is 11.5. The summed E-state index contributed by atoms with van der Waals surface area (Å²) in [7, 11) is 3.73. The Kier molecular flexibility index (Phi) is 3.46. The number of rotatable bonds is 4. The maximum atomic E-state index is 5.43. The van der Waals surface area contributed by atoms with Crippen LogP contribution in [0.5, 0.6) is 5.75 Å². The minimum Gasteiger partial charge on any atom is -0.496 e. The molecule has 0 saturated carbocycles. The van der Waals surface area contributed by atoms with Crippen molar-refractivity contribution in [2.45, 2.75) is 19.4 Å². The zero-order valence-electron chi connectivity index (χ0n) is 9.91. The van der Waals surface area contributed by atoms with Crippen molar-refractivity contribution in [3.63, 3.8) is 0 Å². The lowest BCUT2D eigenvalue weighted by molar-refractivity contribution is 0.419. The summed E-state index contributed by atoms with van der Waals surface area (Å²) in [6.45, 7) is 2.19. The molecule has 1 atom stereocenters. The normalized spacial score (nSPS) is 12.9. The van der Waals surface area contributed by atoms with Crippen molar-refractivity contribution in [3.05, 3.63) is 29.1 Å². The lowest BCUT2D eigenvalue weighted by atomic mass is 10.1. The lowest BCUT2D eigenvalue weighted by Gasteiger charge is -2.10. The van der Waals surface area contributed by atoms with Gasteiger partial charge in [-0.05, 0) is 43.5 Å². The lowest BCUT2D eigenvalue weighted by Crippen LogP contribution is -2.23. The number of fused-ring (bicyclic) bond motifs is 1. The van der Waals surface area contributed by atoms with Crippen LogP contribution < -0.4 is 10.1 Å². The molecule has 0 aliphatic carbocycles. The van der Waals surface area contributed by atoms with Gasteiger partial charge in [-0.2, -0.15) is 0 Å². The van der Waals surface area contributed by atoms with Gasteiger partial charge in [-0.25, -0.2) is 0 Å². The maximum absolute atomic E-state index is 5.43. The Bertz CT molecular complexity index is 478. The first-order valence-electron chi connectivity index (χ1n) is 5.46.